The van der Waals surface area contributed by atoms with E-state index < -0.39 is 0 Å². The Bertz CT molecular complexity index is 294. The first kappa shape index (κ1) is 12.2. The van der Waals surface area contributed by atoms with Crippen LogP contribution in [-0.2, 0) is 13.0 Å². The van der Waals surface area contributed by atoms with Gasteiger partial charge in [0, 0.05) is 12.7 Å². The van der Waals surface area contributed by atoms with E-state index in [-0.39, 0.29) is 0 Å². The molecule has 0 aliphatic heterocycles. The van der Waals surface area contributed by atoms with Crippen molar-refractivity contribution >= 4 is 0 Å². The molecule has 0 aromatic carbocycles. The lowest BCUT2D eigenvalue weighted by atomic mass is 9.92. The SMILES string of the molecule is CC(C)Cc1cn(CCC(C)(C)C)nn1. The van der Waals surface area contributed by atoms with Crippen molar-refractivity contribution in [3.05, 3.63) is 11.9 Å². The molecular formula is C12H23N3. The van der Waals surface area contributed by atoms with Crippen LogP contribution in [0.1, 0.15) is 46.7 Å². The summed E-state index contributed by atoms with van der Waals surface area (Å²) in [5.41, 5.74) is 1.48. The molecule has 0 aliphatic rings. The van der Waals surface area contributed by atoms with Gasteiger partial charge in [0.25, 0.3) is 0 Å². The van der Waals surface area contributed by atoms with Gasteiger partial charge in [0.2, 0.25) is 0 Å². The maximum atomic E-state index is 4.17. The summed E-state index contributed by atoms with van der Waals surface area (Å²) >= 11 is 0. The second-order valence-electron chi connectivity index (χ2n) is 5.88. The third-order valence-corrected chi connectivity index (χ3v) is 2.29. The Labute approximate surface area is 92.9 Å². The average Bonchev–Trinajstić information content (AvgIpc) is 2.46. The fraction of sp³-hybridized carbons (Fsp3) is 0.833. The van der Waals surface area contributed by atoms with Gasteiger partial charge in [-0.1, -0.05) is 39.8 Å². The molecule has 0 N–H and O–H groups in total. The quantitative estimate of drug-likeness (QED) is 0.763. The minimum atomic E-state index is 0.365. The van der Waals surface area contributed by atoms with Crippen LogP contribution in [0, 0.1) is 11.3 Å². The molecule has 0 radical (unpaired) electrons. The molecule has 15 heavy (non-hydrogen) atoms. The van der Waals surface area contributed by atoms with Gasteiger partial charge in [-0.15, -0.1) is 5.10 Å². The van der Waals surface area contributed by atoms with Crippen LogP contribution in [0.5, 0.6) is 0 Å². The van der Waals surface area contributed by atoms with Gasteiger partial charge in [0.05, 0.1) is 5.69 Å². The Balaban J connectivity index is 2.46. The van der Waals surface area contributed by atoms with Gasteiger partial charge in [-0.05, 0) is 24.2 Å². The number of hydrogen-bond donors (Lipinski definition) is 0. The summed E-state index contributed by atoms with van der Waals surface area (Å²) in [6.07, 6.45) is 4.23. The van der Waals surface area contributed by atoms with E-state index in [4.69, 9.17) is 0 Å². The van der Waals surface area contributed by atoms with Crippen LogP contribution in [-0.4, -0.2) is 15.0 Å². The second-order valence-corrected chi connectivity index (χ2v) is 5.88. The zero-order valence-corrected chi connectivity index (χ0v) is 10.6. The Morgan fingerprint density at radius 1 is 1.33 bits per heavy atom. The third kappa shape index (κ3) is 4.96. The predicted molar refractivity (Wildman–Crippen MR) is 62.6 cm³/mol. The normalized spacial score (nSPS) is 12.4. The summed E-state index contributed by atoms with van der Waals surface area (Å²) in [4.78, 5) is 0. The van der Waals surface area contributed by atoms with E-state index in [0.29, 0.717) is 11.3 Å². The fourth-order valence-corrected chi connectivity index (χ4v) is 1.41. The molecule has 3 nitrogen and oxygen atoms in total. The number of aromatic nitrogens is 3. The highest BCUT2D eigenvalue weighted by Crippen LogP contribution is 2.19. The summed E-state index contributed by atoms with van der Waals surface area (Å²) < 4.78 is 1.96. The zero-order chi connectivity index (χ0) is 11.5. The van der Waals surface area contributed by atoms with E-state index in [2.05, 4.69) is 51.1 Å². The van der Waals surface area contributed by atoms with Gasteiger partial charge in [0.15, 0.2) is 0 Å². The van der Waals surface area contributed by atoms with E-state index in [0.717, 1.165) is 25.1 Å². The molecule has 0 saturated heterocycles. The van der Waals surface area contributed by atoms with E-state index in [1.54, 1.807) is 0 Å². The molecule has 1 rings (SSSR count). The van der Waals surface area contributed by atoms with Gasteiger partial charge in [-0.25, -0.2) is 0 Å². The van der Waals surface area contributed by atoms with Gasteiger partial charge in [0.1, 0.15) is 0 Å². The molecule has 3 heteroatoms. The highest BCUT2D eigenvalue weighted by molar-refractivity contribution is 4.93. The lowest BCUT2D eigenvalue weighted by Crippen LogP contribution is -2.10. The van der Waals surface area contributed by atoms with Crippen molar-refractivity contribution in [2.75, 3.05) is 0 Å². The maximum Gasteiger partial charge on any atom is 0.0829 e. The molecule has 1 aromatic rings. The molecule has 0 atom stereocenters. The van der Waals surface area contributed by atoms with E-state index >= 15 is 0 Å². The van der Waals surface area contributed by atoms with Crippen molar-refractivity contribution in [3.63, 3.8) is 0 Å². The molecular weight excluding hydrogens is 186 g/mol. The topological polar surface area (TPSA) is 30.7 Å². The van der Waals surface area contributed by atoms with Crippen LogP contribution in [0.15, 0.2) is 6.20 Å². The predicted octanol–water partition coefficient (Wildman–Crippen LogP) is 2.91. The molecule has 1 heterocycles. The van der Waals surface area contributed by atoms with E-state index in [1.165, 1.54) is 0 Å². The van der Waals surface area contributed by atoms with Gasteiger partial charge < -0.3 is 0 Å². The van der Waals surface area contributed by atoms with Crippen molar-refractivity contribution < 1.29 is 0 Å². The smallest absolute Gasteiger partial charge is 0.0829 e. The number of rotatable bonds is 4. The van der Waals surface area contributed by atoms with Crippen LogP contribution < -0.4 is 0 Å². The van der Waals surface area contributed by atoms with Gasteiger partial charge >= 0.3 is 0 Å². The molecule has 0 bridgehead atoms. The first-order chi connectivity index (χ1) is 6.87. The minimum Gasteiger partial charge on any atom is -0.252 e. The molecule has 0 aliphatic carbocycles. The van der Waals surface area contributed by atoms with Crippen LogP contribution in [0.3, 0.4) is 0 Å². The largest absolute Gasteiger partial charge is 0.252 e. The average molecular weight is 209 g/mol. The Hall–Kier alpha value is -0.860. The van der Waals surface area contributed by atoms with Crippen molar-refractivity contribution in [2.45, 2.75) is 54.0 Å². The summed E-state index contributed by atoms with van der Waals surface area (Å²) in [7, 11) is 0. The zero-order valence-electron chi connectivity index (χ0n) is 10.6. The summed E-state index contributed by atoms with van der Waals surface area (Å²) in [5, 5.41) is 8.31. The van der Waals surface area contributed by atoms with Crippen molar-refractivity contribution in [1.82, 2.24) is 15.0 Å². The standard InChI is InChI=1S/C12H23N3/c1-10(2)8-11-9-15(14-13-11)7-6-12(3,4)5/h9-10H,6-8H2,1-5H3. The summed E-state index contributed by atoms with van der Waals surface area (Å²) in [6.45, 7) is 12.1. The van der Waals surface area contributed by atoms with Gasteiger partial charge in [-0.3, -0.25) is 4.68 Å². The minimum absolute atomic E-state index is 0.365. The van der Waals surface area contributed by atoms with Crippen molar-refractivity contribution in [2.24, 2.45) is 11.3 Å². The van der Waals surface area contributed by atoms with Crippen LogP contribution in [0.25, 0.3) is 0 Å². The first-order valence-electron chi connectivity index (χ1n) is 5.76. The van der Waals surface area contributed by atoms with Crippen LogP contribution in [0.4, 0.5) is 0 Å². The third-order valence-electron chi connectivity index (χ3n) is 2.29. The number of aryl methyl sites for hydroxylation is 1. The molecule has 0 amide bonds. The lowest BCUT2D eigenvalue weighted by molar-refractivity contribution is 0.339. The molecule has 0 fully saturated rings. The number of hydrogen-bond acceptors (Lipinski definition) is 2. The second kappa shape index (κ2) is 4.77. The van der Waals surface area contributed by atoms with Crippen LogP contribution in [0.2, 0.25) is 0 Å². The molecule has 0 spiro atoms. The van der Waals surface area contributed by atoms with Crippen molar-refractivity contribution in [1.29, 1.82) is 0 Å². The highest BCUT2D eigenvalue weighted by Gasteiger charge is 2.11. The summed E-state index contributed by atoms with van der Waals surface area (Å²) in [5.74, 6) is 0.651. The Morgan fingerprint density at radius 2 is 2.00 bits per heavy atom. The monoisotopic (exact) mass is 209 g/mol. The van der Waals surface area contributed by atoms with Crippen LogP contribution >= 0.6 is 0 Å². The van der Waals surface area contributed by atoms with E-state index in [9.17, 15) is 0 Å². The Kier molecular flexibility index (Phi) is 3.89. The molecule has 86 valence electrons. The number of nitrogens with zero attached hydrogens (tertiary/aromatic N) is 3. The first-order valence-corrected chi connectivity index (χ1v) is 5.76. The van der Waals surface area contributed by atoms with E-state index in [1.807, 2.05) is 4.68 Å². The fourth-order valence-electron chi connectivity index (χ4n) is 1.41. The Morgan fingerprint density at radius 3 is 2.53 bits per heavy atom. The molecule has 0 saturated carbocycles. The lowest BCUT2D eigenvalue weighted by Gasteiger charge is -2.17. The van der Waals surface area contributed by atoms with Crippen molar-refractivity contribution in [3.8, 4) is 0 Å². The highest BCUT2D eigenvalue weighted by atomic mass is 15.4. The molecule has 0 unspecified atom stereocenters. The maximum absolute atomic E-state index is 4.17. The summed E-state index contributed by atoms with van der Waals surface area (Å²) in [6, 6.07) is 0. The molecule has 1 aromatic heterocycles. The van der Waals surface area contributed by atoms with Gasteiger partial charge in [-0.2, -0.15) is 0 Å².